The second-order valence-corrected chi connectivity index (χ2v) is 13.3. The molecule has 4 rings (SSSR count). The molecular weight excluding hydrogens is 609 g/mol. The highest BCUT2D eigenvalue weighted by Crippen LogP contribution is 2.29. The minimum Gasteiger partial charge on any atom is -0.759 e. The van der Waals surface area contributed by atoms with Gasteiger partial charge >= 0.3 is 0 Å². The van der Waals surface area contributed by atoms with E-state index in [1.165, 1.54) is 8.75 Å². The van der Waals surface area contributed by atoms with Crippen LogP contribution in [0, 0.1) is 20.2 Å². The summed E-state index contributed by atoms with van der Waals surface area (Å²) in [5.74, 6) is 3.53. The predicted molar refractivity (Wildman–Crippen MR) is 156 cm³/mol. The number of nitro groups is 2. The molecule has 0 unspecified atom stereocenters. The van der Waals surface area contributed by atoms with Crippen LogP contribution in [0.2, 0.25) is 0 Å². The zero-order valence-corrected chi connectivity index (χ0v) is 25.0. The van der Waals surface area contributed by atoms with Gasteiger partial charge in [-0.2, -0.15) is 0 Å². The zero-order valence-electron chi connectivity index (χ0n) is 21.0. The third-order valence-corrected chi connectivity index (χ3v) is 10.3. The molecule has 0 spiro atoms. The summed E-state index contributed by atoms with van der Waals surface area (Å²) in [6, 6.07) is 13.9. The van der Waals surface area contributed by atoms with Gasteiger partial charge in [0.1, 0.15) is 14.1 Å². The second kappa shape index (κ2) is 16.2. The summed E-state index contributed by atoms with van der Waals surface area (Å²) in [6.45, 7) is 2.12. The molecule has 39 heavy (non-hydrogen) atoms. The number of hydrogen-bond acceptors (Lipinski definition) is 12. The molecule has 0 atom stereocenters. The average Bonchev–Trinajstić information content (AvgIpc) is 3.48. The van der Waals surface area contributed by atoms with Crippen molar-refractivity contribution in [3.05, 3.63) is 79.9 Å². The Morgan fingerprint density at radius 3 is 1.38 bits per heavy atom. The van der Waals surface area contributed by atoms with Crippen molar-refractivity contribution >= 4 is 77.6 Å². The predicted octanol–water partition coefficient (Wildman–Crippen LogP) is 3.81. The largest absolute Gasteiger partial charge is 0.759 e. The summed E-state index contributed by atoms with van der Waals surface area (Å²) in [7, 11) is -1.05. The van der Waals surface area contributed by atoms with E-state index >= 15 is 0 Å². The van der Waals surface area contributed by atoms with Crippen molar-refractivity contribution in [3.63, 3.8) is 0 Å². The van der Waals surface area contributed by atoms with Crippen LogP contribution in [-0.2, 0) is 21.9 Å². The van der Waals surface area contributed by atoms with E-state index in [4.69, 9.17) is 17.5 Å². The van der Waals surface area contributed by atoms with Crippen molar-refractivity contribution < 1.29 is 36.5 Å². The Kier molecular flexibility index (Phi) is 13.7. The first-order valence-electron chi connectivity index (χ1n) is 11.2. The van der Waals surface area contributed by atoms with Gasteiger partial charge in [0.2, 0.25) is 0 Å². The highest BCUT2D eigenvalue weighted by molar-refractivity contribution is 8.38. The number of nitro benzene ring substituents is 2. The van der Waals surface area contributed by atoms with E-state index in [2.05, 4.69) is 23.2 Å². The van der Waals surface area contributed by atoms with E-state index < -0.39 is 10.4 Å². The quantitative estimate of drug-likeness (QED) is 0.148. The zero-order chi connectivity index (χ0) is 29.0. The third kappa shape index (κ3) is 12.3. The molecule has 2 aliphatic rings. The fourth-order valence-electron chi connectivity index (χ4n) is 3.15. The van der Waals surface area contributed by atoms with Gasteiger partial charge in [0, 0.05) is 45.2 Å². The molecule has 212 valence electrons. The standard InChI is InChI=1S/2C11H13N2O2S2.H2O4S/c2*1-12-6-7-16-11(12)17-8-9-4-2-3-5-10(9)13(14)15;1-5(2,3)4/h2*2-5H,6-8H2,1H3;(H2,1,2,3,4)/q2*+1;/p-2. The molecule has 0 fully saturated rings. The normalized spacial score (nSPS) is 14.9. The van der Waals surface area contributed by atoms with Gasteiger partial charge in [-0.05, 0) is 47.0 Å². The fraction of sp³-hybridized carbons (Fsp3) is 0.364. The van der Waals surface area contributed by atoms with E-state index in [0.717, 1.165) is 35.7 Å². The van der Waals surface area contributed by atoms with Crippen LogP contribution in [0.5, 0.6) is 0 Å². The van der Waals surface area contributed by atoms with Gasteiger partial charge in [-0.25, -0.2) is 9.15 Å². The molecular formula is C22H26N4O8S5. The van der Waals surface area contributed by atoms with Crippen LogP contribution in [0.4, 0.5) is 11.4 Å². The Bertz CT molecular complexity index is 1260. The number of thioether (sulfide) groups is 4. The van der Waals surface area contributed by atoms with Gasteiger partial charge in [0.15, 0.2) is 13.1 Å². The van der Waals surface area contributed by atoms with Crippen LogP contribution in [0.3, 0.4) is 0 Å². The monoisotopic (exact) mass is 634 g/mol. The molecule has 0 amide bonds. The molecule has 2 aliphatic heterocycles. The van der Waals surface area contributed by atoms with Gasteiger partial charge in [0.25, 0.3) is 20.1 Å². The molecule has 0 N–H and O–H groups in total. The van der Waals surface area contributed by atoms with Crippen molar-refractivity contribution in [3.8, 4) is 0 Å². The maximum Gasteiger partial charge on any atom is 0.273 e. The minimum atomic E-state index is -5.17. The van der Waals surface area contributed by atoms with Gasteiger partial charge in [-0.1, -0.05) is 36.4 Å². The molecule has 0 saturated carbocycles. The van der Waals surface area contributed by atoms with Crippen molar-refractivity contribution in [2.75, 3.05) is 38.7 Å². The molecule has 2 heterocycles. The third-order valence-electron chi connectivity index (χ3n) is 5.01. The molecule has 0 radical (unpaired) electrons. The molecule has 0 aromatic heterocycles. The molecule has 2 aromatic rings. The Balaban J connectivity index is 0.000000234. The molecule has 0 saturated heterocycles. The number of nitrogens with zero attached hydrogens (tertiary/aromatic N) is 4. The van der Waals surface area contributed by atoms with Gasteiger partial charge in [0.05, 0.1) is 21.4 Å². The average molecular weight is 635 g/mol. The van der Waals surface area contributed by atoms with Gasteiger partial charge < -0.3 is 9.11 Å². The van der Waals surface area contributed by atoms with Crippen LogP contribution < -0.4 is 0 Å². The Hall–Kier alpha value is -2.15. The van der Waals surface area contributed by atoms with Crippen LogP contribution in [0.15, 0.2) is 48.5 Å². The molecule has 0 bridgehead atoms. The first-order valence-corrected chi connectivity index (χ1v) is 16.4. The lowest BCUT2D eigenvalue weighted by Crippen LogP contribution is -2.06. The Morgan fingerprint density at radius 2 is 1.10 bits per heavy atom. The van der Waals surface area contributed by atoms with E-state index in [1.807, 2.05) is 47.8 Å². The summed E-state index contributed by atoms with van der Waals surface area (Å²) in [5, 5.41) is 21.7. The lowest BCUT2D eigenvalue weighted by molar-refractivity contribution is -0.483. The molecule has 2 aromatic carbocycles. The van der Waals surface area contributed by atoms with Gasteiger partial charge in [-0.3, -0.25) is 28.6 Å². The number of rotatable bonds is 6. The maximum atomic E-state index is 10.9. The van der Waals surface area contributed by atoms with Crippen LogP contribution >= 0.6 is 47.0 Å². The highest BCUT2D eigenvalue weighted by atomic mass is 32.3. The van der Waals surface area contributed by atoms with E-state index in [9.17, 15) is 20.2 Å². The number of benzene rings is 2. The first kappa shape index (κ1) is 33.1. The van der Waals surface area contributed by atoms with Crippen LogP contribution in [0.1, 0.15) is 11.1 Å². The summed E-state index contributed by atoms with van der Waals surface area (Å²) in [6.07, 6.45) is 0. The Morgan fingerprint density at radius 1 is 0.769 bits per heavy atom. The topological polar surface area (TPSA) is 173 Å². The van der Waals surface area contributed by atoms with Crippen molar-refractivity contribution in [2.24, 2.45) is 0 Å². The number of para-hydroxylation sites is 2. The first-order chi connectivity index (χ1) is 18.4. The Labute approximate surface area is 243 Å². The maximum absolute atomic E-state index is 10.9. The summed E-state index contributed by atoms with van der Waals surface area (Å²) >= 11 is 7.00. The SMILES string of the molecule is C[N+]1=C(SCc2ccccc2[N+](=O)[O-])SCC1.C[N+]1=C(SCc2ccccc2[N+](=O)[O-])SCC1.O=S(=O)([O-])[O-]. The minimum absolute atomic E-state index is 0.214. The van der Waals surface area contributed by atoms with Gasteiger partial charge in [-0.15, -0.1) is 0 Å². The highest BCUT2D eigenvalue weighted by Gasteiger charge is 2.23. The van der Waals surface area contributed by atoms with Crippen molar-refractivity contribution in [1.29, 1.82) is 0 Å². The molecule has 17 heteroatoms. The van der Waals surface area contributed by atoms with Crippen LogP contribution in [-0.4, -0.2) is 84.0 Å². The fourth-order valence-corrected chi connectivity index (χ4v) is 8.04. The summed E-state index contributed by atoms with van der Waals surface area (Å²) in [4.78, 5) is 21.1. The summed E-state index contributed by atoms with van der Waals surface area (Å²) in [5.41, 5.74) is 2.00. The summed E-state index contributed by atoms with van der Waals surface area (Å²) < 4.78 is 41.0. The lowest BCUT2D eigenvalue weighted by Gasteiger charge is -2.06. The van der Waals surface area contributed by atoms with E-state index in [1.54, 1.807) is 47.8 Å². The van der Waals surface area contributed by atoms with E-state index in [-0.39, 0.29) is 21.2 Å². The molecule has 0 aliphatic carbocycles. The van der Waals surface area contributed by atoms with Crippen molar-refractivity contribution in [1.82, 2.24) is 0 Å². The van der Waals surface area contributed by atoms with Crippen LogP contribution in [0.25, 0.3) is 0 Å². The smallest absolute Gasteiger partial charge is 0.273 e. The molecule has 12 nitrogen and oxygen atoms in total. The van der Waals surface area contributed by atoms with Crippen molar-refractivity contribution in [2.45, 2.75) is 11.5 Å². The lowest BCUT2D eigenvalue weighted by atomic mass is 10.2. The second-order valence-electron chi connectivity index (χ2n) is 7.83. The van der Waals surface area contributed by atoms with E-state index in [0.29, 0.717) is 11.5 Å². The number of hydrogen-bond donors (Lipinski definition) is 0.